The fourth-order valence-corrected chi connectivity index (χ4v) is 18.3. The number of nitrogens with zero attached hydrogens (tertiary/aromatic N) is 12. The molecular weight excluding hydrogens is 1440 g/mol. The molecular formula is C99H48N12OS2. The van der Waals surface area contributed by atoms with E-state index in [0.29, 0.717) is 50.8 Å². The van der Waals surface area contributed by atoms with Gasteiger partial charge in [-0.3, -0.25) is 0 Å². The summed E-state index contributed by atoms with van der Waals surface area (Å²) in [5, 5.41) is 40.9. The van der Waals surface area contributed by atoms with Crippen molar-refractivity contribution in [3.63, 3.8) is 0 Å². The third kappa shape index (κ3) is 11.4. The Morgan fingerprint density at radius 2 is 0.640 bits per heavy atom. The van der Waals surface area contributed by atoms with Gasteiger partial charge in [0.1, 0.15) is 11.2 Å². The monoisotopic (exact) mass is 1480 g/mol. The summed E-state index contributed by atoms with van der Waals surface area (Å²) in [5.41, 5.74) is 20.5. The van der Waals surface area contributed by atoms with Crippen molar-refractivity contribution < 1.29 is 4.42 Å². The number of aromatic nitrogens is 3. The van der Waals surface area contributed by atoms with Crippen molar-refractivity contribution in [1.82, 2.24) is 13.7 Å². The highest BCUT2D eigenvalue weighted by molar-refractivity contribution is 7.26. The van der Waals surface area contributed by atoms with Gasteiger partial charge >= 0.3 is 0 Å². The van der Waals surface area contributed by atoms with E-state index in [1.807, 2.05) is 164 Å². The van der Waals surface area contributed by atoms with E-state index in [1.165, 1.54) is 40.3 Å². The second-order valence-electron chi connectivity index (χ2n) is 27.4. The first-order valence-electron chi connectivity index (χ1n) is 35.9. The Morgan fingerprint density at radius 1 is 0.263 bits per heavy atom. The van der Waals surface area contributed by atoms with E-state index in [0.717, 1.165) is 138 Å². The Morgan fingerprint density at radius 3 is 1.12 bits per heavy atom. The van der Waals surface area contributed by atoms with Crippen molar-refractivity contribution >= 4 is 184 Å². The van der Waals surface area contributed by atoms with E-state index in [4.69, 9.17) is 43.8 Å². The van der Waals surface area contributed by atoms with Crippen LogP contribution < -0.4 is 0 Å². The van der Waals surface area contributed by atoms with Crippen LogP contribution in [0.2, 0.25) is 0 Å². The van der Waals surface area contributed by atoms with Crippen LogP contribution in [-0.2, 0) is 0 Å². The highest BCUT2D eigenvalue weighted by Crippen LogP contribution is 2.47. The second-order valence-corrected chi connectivity index (χ2v) is 29.5. The van der Waals surface area contributed by atoms with Crippen molar-refractivity contribution in [2.75, 3.05) is 0 Å². The Bertz CT molecular complexity index is 7660. The number of nitriles is 3. The molecule has 6 aromatic heterocycles. The molecule has 0 radical (unpaired) electrons. The van der Waals surface area contributed by atoms with Crippen LogP contribution in [-0.4, -0.2) is 13.7 Å². The number of fused-ring (bicyclic) bond motifs is 18. The highest BCUT2D eigenvalue weighted by atomic mass is 32.1. The van der Waals surface area contributed by atoms with Crippen molar-refractivity contribution in [1.29, 1.82) is 15.8 Å². The molecule has 13 nitrogen and oxygen atoms in total. The second kappa shape index (κ2) is 27.5. The summed E-state index contributed by atoms with van der Waals surface area (Å²) in [4.78, 5) is 22.2. The van der Waals surface area contributed by atoms with Gasteiger partial charge in [-0.25, -0.2) is 29.1 Å². The topological polar surface area (TPSA) is 125 Å². The molecule has 0 saturated heterocycles. The average Bonchev–Trinajstić information content (AvgIpc) is 1.59. The van der Waals surface area contributed by atoms with E-state index in [1.54, 1.807) is 34.8 Å². The zero-order valence-electron chi connectivity index (χ0n) is 59.8. The lowest BCUT2D eigenvalue weighted by Crippen LogP contribution is -1.94. The smallest absolute Gasteiger partial charge is 0.189 e. The molecule has 6 heterocycles. The highest BCUT2D eigenvalue weighted by Gasteiger charge is 2.22. The molecule has 15 aromatic carbocycles. The molecule has 0 saturated carbocycles. The predicted octanol–water partition coefficient (Wildman–Crippen LogP) is 28.9. The molecule has 0 N–H and O–H groups in total. The molecule has 21 rings (SSSR count). The summed E-state index contributed by atoms with van der Waals surface area (Å²) in [7, 11) is 0. The third-order valence-corrected chi connectivity index (χ3v) is 23.4. The van der Waals surface area contributed by atoms with E-state index in [9.17, 15) is 15.8 Å². The molecule has 0 bridgehead atoms. The summed E-state index contributed by atoms with van der Waals surface area (Å²) in [6, 6.07) is 102. The van der Waals surface area contributed by atoms with Gasteiger partial charge in [-0.1, -0.05) is 115 Å². The molecule has 522 valence electrons. The Kier molecular flexibility index (Phi) is 16.4. The summed E-state index contributed by atoms with van der Waals surface area (Å²) in [6.07, 6.45) is 0. The van der Waals surface area contributed by atoms with Crippen LogP contribution in [0, 0.1) is 73.4 Å². The van der Waals surface area contributed by atoms with Crippen LogP contribution in [0.15, 0.2) is 296 Å². The maximum absolute atomic E-state index is 9.53. The normalized spacial score (nSPS) is 11.1. The van der Waals surface area contributed by atoms with Crippen LogP contribution in [0.25, 0.3) is 207 Å². The van der Waals surface area contributed by atoms with E-state index < -0.39 is 0 Å². The zero-order valence-corrected chi connectivity index (χ0v) is 61.4. The molecule has 114 heavy (non-hydrogen) atoms. The Hall–Kier alpha value is -16.7. The standard InChI is InChI=1S/C33H16N4O.2C33H16N4S/c2*1-35-22-11-13-31-29(18-22)28-14-20(19-34)10-12-30(28)37(31)24-16-21(15-23(17-24)36-2)25-7-5-8-27-26-6-3-4-9-32(26)38-33(25)27;1-35-23-9-11-31-28(18-23)27-13-20(19-34)7-10-30(27)37(31)25-15-22(14-24(17-25)36-2)21-8-12-33-29(16-21)26-5-3-4-6-32(26)38-33/h3*3-18H. The number of benzene rings is 15. The Labute approximate surface area is 658 Å². The minimum atomic E-state index is 0.507. The largest absolute Gasteiger partial charge is 0.455 e. The predicted molar refractivity (Wildman–Crippen MR) is 463 cm³/mol. The van der Waals surface area contributed by atoms with Crippen LogP contribution in [0.5, 0.6) is 0 Å². The molecule has 0 aliphatic rings. The maximum atomic E-state index is 9.53. The summed E-state index contributed by atoms with van der Waals surface area (Å²) >= 11 is 3.56. The molecule has 0 fully saturated rings. The minimum absolute atomic E-state index is 0.507. The van der Waals surface area contributed by atoms with Gasteiger partial charge in [0.05, 0.1) is 107 Å². The van der Waals surface area contributed by atoms with Crippen LogP contribution >= 0.6 is 22.7 Å². The molecule has 21 aromatic rings. The van der Waals surface area contributed by atoms with Crippen molar-refractivity contribution in [3.05, 3.63) is 376 Å². The van der Waals surface area contributed by atoms with Gasteiger partial charge < -0.3 is 18.1 Å². The number of rotatable bonds is 6. The number of hydrogen-bond donors (Lipinski definition) is 0. The van der Waals surface area contributed by atoms with Crippen LogP contribution in [0.3, 0.4) is 0 Å². The SMILES string of the molecule is [C-]#[N+]c1cc(-c2ccc3sc4ccccc4c3c2)cc(-n2c3ccc(C#N)cc3c3cc([N+]#[C-])ccc32)c1.[C-]#[N+]c1cc(-c2cccc3c2oc2ccccc23)cc(-n2c3ccc(C#N)cc3c3cc([N+]#[C-])ccc32)c1.[C-]#[N+]c1cc(-c2cccc3c2sc2ccccc23)cc(-n2c3ccc(C#N)cc3c3cc([N+]#[C-])ccc32)c1. The molecule has 15 heteroatoms. The van der Waals surface area contributed by atoms with Crippen LogP contribution in [0.1, 0.15) is 16.7 Å². The minimum Gasteiger partial charge on any atom is -0.455 e. The number of furan rings is 1. The van der Waals surface area contributed by atoms with Gasteiger partial charge in [-0.2, -0.15) is 15.8 Å². The van der Waals surface area contributed by atoms with Gasteiger partial charge in [-0.05, 0) is 220 Å². The average molecular weight is 1490 g/mol. The molecule has 0 atom stereocenters. The molecule has 0 amide bonds. The fourth-order valence-electron chi connectivity index (χ4n) is 16.0. The quantitative estimate of drug-likeness (QED) is 0.154. The van der Waals surface area contributed by atoms with Gasteiger partial charge in [0.2, 0.25) is 0 Å². The lowest BCUT2D eigenvalue weighted by Gasteiger charge is -2.12. The first-order valence-corrected chi connectivity index (χ1v) is 37.6. The van der Waals surface area contributed by atoms with E-state index in [2.05, 4.69) is 176 Å². The molecule has 0 unspecified atom stereocenters. The maximum Gasteiger partial charge on any atom is 0.189 e. The lowest BCUT2D eigenvalue weighted by atomic mass is 10.0. The zero-order chi connectivity index (χ0) is 77.4. The van der Waals surface area contributed by atoms with E-state index in [-0.39, 0.29) is 0 Å². The fraction of sp³-hybridized carbons (Fsp3) is 0. The number of hydrogen-bond acceptors (Lipinski definition) is 6. The summed E-state index contributed by atoms with van der Waals surface area (Å²) in [5.74, 6) is 0. The summed E-state index contributed by atoms with van der Waals surface area (Å²) < 4.78 is 17.6. The number of thiophene rings is 2. The van der Waals surface area contributed by atoms with Crippen LogP contribution in [0.4, 0.5) is 34.1 Å². The third-order valence-electron chi connectivity index (χ3n) is 21.0. The van der Waals surface area contributed by atoms with Gasteiger partial charge in [0.15, 0.2) is 34.1 Å². The Balaban J connectivity index is 0.000000115. The molecule has 0 aliphatic heterocycles. The van der Waals surface area contributed by atoms with Gasteiger partial charge in [0.25, 0.3) is 0 Å². The van der Waals surface area contributed by atoms with Crippen molar-refractivity contribution in [3.8, 4) is 68.7 Å². The van der Waals surface area contributed by atoms with E-state index >= 15 is 0 Å². The first kappa shape index (κ1) is 67.9. The first-order chi connectivity index (χ1) is 56.0. The summed E-state index contributed by atoms with van der Waals surface area (Å²) in [6.45, 7) is 46.0. The molecule has 0 spiro atoms. The number of para-hydroxylation sites is 2. The van der Waals surface area contributed by atoms with Crippen molar-refractivity contribution in [2.45, 2.75) is 0 Å². The van der Waals surface area contributed by atoms with Gasteiger partial charge in [0, 0.05) is 89.9 Å². The van der Waals surface area contributed by atoms with Crippen molar-refractivity contribution in [2.24, 2.45) is 0 Å². The lowest BCUT2D eigenvalue weighted by molar-refractivity contribution is 0.670. The molecule has 0 aliphatic carbocycles. The van der Waals surface area contributed by atoms with Gasteiger partial charge in [-0.15, -0.1) is 22.7 Å².